The third kappa shape index (κ3) is 4.43. The van der Waals surface area contributed by atoms with Crippen molar-refractivity contribution in [2.75, 3.05) is 19.5 Å². The van der Waals surface area contributed by atoms with Gasteiger partial charge < -0.3 is 15.2 Å². The second kappa shape index (κ2) is 7.61. The molecule has 0 aliphatic heterocycles. The minimum Gasteiger partial charge on any atom is -0.490 e. The summed E-state index contributed by atoms with van der Waals surface area (Å²) in [7, 11) is 1.25. The van der Waals surface area contributed by atoms with Gasteiger partial charge in [-0.05, 0) is 12.5 Å². The lowest BCUT2D eigenvalue weighted by Gasteiger charge is -2.10. The summed E-state index contributed by atoms with van der Waals surface area (Å²) in [6.07, 6.45) is 4.14. The fourth-order valence-electron chi connectivity index (χ4n) is 1.68. The van der Waals surface area contributed by atoms with Gasteiger partial charge in [-0.15, -0.1) is 0 Å². The number of rotatable bonds is 7. The van der Waals surface area contributed by atoms with Crippen molar-refractivity contribution in [1.29, 1.82) is 0 Å². The maximum Gasteiger partial charge on any atom is 0.340 e. The van der Waals surface area contributed by atoms with E-state index in [-0.39, 0.29) is 17.0 Å². The molecule has 19 heavy (non-hydrogen) atoms. The first-order valence-corrected chi connectivity index (χ1v) is 6.40. The van der Waals surface area contributed by atoms with E-state index < -0.39 is 11.8 Å². The molecule has 0 fully saturated rings. The lowest BCUT2D eigenvalue weighted by molar-refractivity contribution is 0.0601. The van der Waals surface area contributed by atoms with Gasteiger partial charge in [0, 0.05) is 11.8 Å². The molecule has 106 valence electrons. The van der Waals surface area contributed by atoms with Crippen LogP contribution in [0.25, 0.3) is 0 Å². The average molecular weight is 269 g/mol. The molecule has 1 rings (SSSR count). The van der Waals surface area contributed by atoms with Crippen LogP contribution in [0, 0.1) is 5.82 Å². The molecule has 1 aromatic rings. The van der Waals surface area contributed by atoms with Gasteiger partial charge in [-0.2, -0.15) is 0 Å². The Labute approximate surface area is 112 Å². The highest BCUT2D eigenvalue weighted by Crippen LogP contribution is 2.25. The molecule has 0 atom stereocenters. The number of anilines is 1. The van der Waals surface area contributed by atoms with Gasteiger partial charge in [0.2, 0.25) is 0 Å². The van der Waals surface area contributed by atoms with Crippen LogP contribution in [0.15, 0.2) is 12.1 Å². The summed E-state index contributed by atoms with van der Waals surface area (Å²) in [5.74, 6) is -1.14. The molecule has 1 aromatic carbocycles. The zero-order valence-electron chi connectivity index (χ0n) is 11.4. The molecule has 0 unspecified atom stereocenters. The highest BCUT2D eigenvalue weighted by atomic mass is 19.1. The van der Waals surface area contributed by atoms with Crippen LogP contribution in [0.3, 0.4) is 0 Å². The molecule has 0 heterocycles. The van der Waals surface area contributed by atoms with Crippen molar-refractivity contribution in [2.45, 2.75) is 32.6 Å². The molecule has 0 bridgehead atoms. The highest BCUT2D eigenvalue weighted by molar-refractivity contribution is 5.95. The van der Waals surface area contributed by atoms with Gasteiger partial charge in [0.05, 0.1) is 19.3 Å². The average Bonchev–Trinajstić information content (AvgIpc) is 2.39. The van der Waals surface area contributed by atoms with E-state index >= 15 is 0 Å². The number of methoxy groups -OCH3 is 1. The van der Waals surface area contributed by atoms with E-state index in [1.54, 1.807) is 0 Å². The molecule has 0 saturated heterocycles. The largest absolute Gasteiger partial charge is 0.490 e. The number of hydrogen-bond acceptors (Lipinski definition) is 4. The summed E-state index contributed by atoms with van der Waals surface area (Å²) in [6, 6.07) is 2.37. The molecule has 0 radical (unpaired) electrons. The van der Waals surface area contributed by atoms with Gasteiger partial charge in [-0.3, -0.25) is 0 Å². The molecule has 4 nitrogen and oxygen atoms in total. The Kier molecular flexibility index (Phi) is 6.12. The first kappa shape index (κ1) is 15.3. The van der Waals surface area contributed by atoms with E-state index in [1.807, 2.05) is 0 Å². The number of nitrogens with two attached hydrogens (primary N) is 1. The predicted molar refractivity (Wildman–Crippen MR) is 71.8 cm³/mol. The van der Waals surface area contributed by atoms with Crippen molar-refractivity contribution in [3.63, 3.8) is 0 Å². The Morgan fingerprint density at radius 3 is 2.68 bits per heavy atom. The Morgan fingerprint density at radius 2 is 2.05 bits per heavy atom. The van der Waals surface area contributed by atoms with Crippen LogP contribution < -0.4 is 10.5 Å². The van der Waals surface area contributed by atoms with Crippen molar-refractivity contribution in [1.82, 2.24) is 0 Å². The van der Waals surface area contributed by atoms with Crippen molar-refractivity contribution < 1.29 is 18.7 Å². The van der Waals surface area contributed by atoms with Gasteiger partial charge in [-0.25, -0.2) is 9.18 Å². The van der Waals surface area contributed by atoms with E-state index in [2.05, 4.69) is 11.7 Å². The van der Waals surface area contributed by atoms with Gasteiger partial charge in [-0.1, -0.05) is 26.2 Å². The van der Waals surface area contributed by atoms with E-state index in [1.165, 1.54) is 13.2 Å². The summed E-state index contributed by atoms with van der Waals surface area (Å²) in [5, 5.41) is 0. The number of hydrogen-bond donors (Lipinski definition) is 1. The lowest BCUT2D eigenvalue weighted by atomic mass is 10.1. The fraction of sp³-hybridized carbons (Fsp3) is 0.500. The Morgan fingerprint density at radius 1 is 1.32 bits per heavy atom. The van der Waals surface area contributed by atoms with E-state index in [9.17, 15) is 9.18 Å². The summed E-state index contributed by atoms with van der Waals surface area (Å²) in [6.45, 7) is 2.53. The number of benzene rings is 1. The van der Waals surface area contributed by atoms with Crippen molar-refractivity contribution in [2.24, 2.45) is 0 Å². The monoisotopic (exact) mass is 269 g/mol. The number of carbonyl (C=O) groups excluding carboxylic acids is 1. The van der Waals surface area contributed by atoms with E-state index in [0.29, 0.717) is 6.61 Å². The van der Waals surface area contributed by atoms with Crippen molar-refractivity contribution in [3.8, 4) is 5.75 Å². The Hall–Kier alpha value is -1.78. The number of nitrogen functional groups attached to an aromatic ring is 1. The van der Waals surface area contributed by atoms with E-state index in [0.717, 1.165) is 31.7 Å². The smallest absolute Gasteiger partial charge is 0.340 e. The van der Waals surface area contributed by atoms with Gasteiger partial charge in [0.1, 0.15) is 0 Å². The van der Waals surface area contributed by atoms with Crippen LogP contribution in [0.4, 0.5) is 10.1 Å². The van der Waals surface area contributed by atoms with Crippen LogP contribution in [-0.4, -0.2) is 19.7 Å². The van der Waals surface area contributed by atoms with Crippen molar-refractivity contribution >= 4 is 11.7 Å². The number of esters is 1. The number of carbonyl (C=O) groups is 1. The lowest BCUT2D eigenvalue weighted by Crippen LogP contribution is -2.08. The van der Waals surface area contributed by atoms with Crippen LogP contribution in [-0.2, 0) is 4.74 Å². The summed E-state index contributed by atoms with van der Waals surface area (Å²) in [4.78, 5) is 11.4. The molecule has 5 heteroatoms. The molecular weight excluding hydrogens is 249 g/mol. The first-order valence-electron chi connectivity index (χ1n) is 6.40. The number of halogens is 1. The van der Waals surface area contributed by atoms with Crippen LogP contribution in [0.2, 0.25) is 0 Å². The van der Waals surface area contributed by atoms with Crippen LogP contribution in [0.5, 0.6) is 5.75 Å². The standard InChI is InChI=1S/C14H20FNO3/c1-3-4-5-6-7-19-13-8-10(14(17)18-2)12(16)9-11(13)15/h8-9H,3-7,16H2,1-2H3. The minimum absolute atomic E-state index is 0.0334. The maximum absolute atomic E-state index is 13.6. The van der Waals surface area contributed by atoms with Crippen LogP contribution >= 0.6 is 0 Å². The first-order chi connectivity index (χ1) is 9.10. The molecule has 0 spiro atoms. The molecule has 2 N–H and O–H groups in total. The normalized spacial score (nSPS) is 10.3. The molecule has 0 aliphatic rings. The SMILES string of the molecule is CCCCCCOc1cc(C(=O)OC)c(N)cc1F. The van der Waals surface area contributed by atoms with E-state index in [4.69, 9.17) is 10.5 Å². The van der Waals surface area contributed by atoms with Gasteiger partial charge in [0.15, 0.2) is 11.6 Å². The third-order valence-corrected chi connectivity index (χ3v) is 2.76. The van der Waals surface area contributed by atoms with Crippen LogP contribution in [0.1, 0.15) is 43.0 Å². The topological polar surface area (TPSA) is 61.5 Å². The maximum atomic E-state index is 13.6. The molecule has 0 saturated carbocycles. The Bertz CT molecular complexity index is 435. The quantitative estimate of drug-likeness (QED) is 0.469. The zero-order valence-corrected chi connectivity index (χ0v) is 11.4. The zero-order chi connectivity index (χ0) is 14.3. The highest BCUT2D eigenvalue weighted by Gasteiger charge is 2.15. The fourth-order valence-corrected chi connectivity index (χ4v) is 1.68. The summed E-state index contributed by atoms with van der Waals surface area (Å²) in [5.41, 5.74) is 5.73. The van der Waals surface area contributed by atoms with Crippen molar-refractivity contribution in [3.05, 3.63) is 23.5 Å². The summed E-state index contributed by atoms with van der Waals surface area (Å²) >= 11 is 0. The molecular formula is C14H20FNO3. The molecule has 0 aliphatic carbocycles. The predicted octanol–water partition coefficient (Wildman–Crippen LogP) is 3.15. The second-order valence-electron chi connectivity index (χ2n) is 4.27. The minimum atomic E-state index is -0.603. The van der Waals surface area contributed by atoms with Gasteiger partial charge in [0.25, 0.3) is 0 Å². The second-order valence-corrected chi connectivity index (χ2v) is 4.27. The summed E-state index contributed by atoms with van der Waals surface area (Å²) < 4.78 is 23.5. The Balaban J connectivity index is 2.69. The number of unbranched alkanes of at least 4 members (excludes halogenated alkanes) is 3. The number of ether oxygens (including phenoxy) is 2. The molecule has 0 aromatic heterocycles. The molecule has 0 amide bonds. The van der Waals surface area contributed by atoms with Gasteiger partial charge >= 0.3 is 5.97 Å². The third-order valence-electron chi connectivity index (χ3n) is 2.76.